The number of hydrogen-bond acceptors (Lipinski definition) is 5. The Morgan fingerprint density at radius 3 is 2.77 bits per heavy atom. The van der Waals surface area contributed by atoms with Crippen molar-refractivity contribution in [2.45, 2.75) is 20.3 Å². The average Bonchev–Trinajstić information content (AvgIpc) is 3.23. The van der Waals surface area contributed by atoms with Gasteiger partial charge in [-0.25, -0.2) is 4.79 Å². The maximum absolute atomic E-state index is 12.6. The number of esters is 1. The molecule has 0 saturated carbocycles. The van der Waals surface area contributed by atoms with Crippen molar-refractivity contribution >= 4 is 39.8 Å². The van der Waals surface area contributed by atoms with Gasteiger partial charge in [0.25, 0.3) is 0 Å². The number of carbonyl (C=O) groups excluding carboxylic acids is 3. The van der Waals surface area contributed by atoms with Crippen LogP contribution in [0, 0.1) is 19.8 Å². The molecule has 6 nitrogen and oxygen atoms in total. The third-order valence-electron chi connectivity index (χ3n) is 4.67. The second-order valence-corrected chi connectivity index (χ2v) is 7.18. The van der Waals surface area contributed by atoms with Gasteiger partial charge in [-0.1, -0.05) is 12.1 Å². The number of hydrogen-bond donors (Lipinski definition) is 1. The lowest BCUT2D eigenvalue weighted by Crippen LogP contribution is -2.28. The summed E-state index contributed by atoms with van der Waals surface area (Å²) in [4.78, 5) is 38.5. The van der Waals surface area contributed by atoms with Crippen molar-refractivity contribution in [1.29, 1.82) is 0 Å². The number of ether oxygens (including phenoxy) is 1. The summed E-state index contributed by atoms with van der Waals surface area (Å²) in [6.45, 7) is 4.29. The van der Waals surface area contributed by atoms with Gasteiger partial charge in [0.05, 0.1) is 18.6 Å². The van der Waals surface area contributed by atoms with E-state index in [0.29, 0.717) is 17.1 Å². The average molecular weight is 372 g/mol. The van der Waals surface area contributed by atoms with E-state index in [2.05, 4.69) is 5.32 Å². The molecule has 1 aliphatic heterocycles. The van der Waals surface area contributed by atoms with Crippen LogP contribution in [0.1, 0.15) is 27.9 Å². The minimum atomic E-state index is -0.499. The second kappa shape index (κ2) is 7.29. The minimum Gasteiger partial charge on any atom is -0.465 e. The molecule has 136 valence electrons. The van der Waals surface area contributed by atoms with Gasteiger partial charge in [0.15, 0.2) is 0 Å². The van der Waals surface area contributed by atoms with E-state index in [0.717, 1.165) is 16.8 Å². The van der Waals surface area contributed by atoms with Gasteiger partial charge in [-0.2, -0.15) is 0 Å². The molecular formula is C19H20N2O4S. The molecule has 1 N–H and O–H groups in total. The second-order valence-electron chi connectivity index (χ2n) is 6.27. The van der Waals surface area contributed by atoms with Gasteiger partial charge >= 0.3 is 5.97 Å². The summed E-state index contributed by atoms with van der Waals surface area (Å²) in [7, 11) is 1.29. The van der Waals surface area contributed by atoms with Crippen LogP contribution in [-0.2, 0) is 14.3 Å². The number of nitrogens with zero attached hydrogens (tertiary/aromatic N) is 1. The molecule has 0 aliphatic carbocycles. The molecular weight excluding hydrogens is 352 g/mol. The molecule has 7 heteroatoms. The summed E-state index contributed by atoms with van der Waals surface area (Å²) in [5.41, 5.74) is 3.30. The zero-order chi connectivity index (χ0) is 18.8. The van der Waals surface area contributed by atoms with Crippen LogP contribution in [0.3, 0.4) is 0 Å². The summed E-state index contributed by atoms with van der Waals surface area (Å²) in [5.74, 6) is -1.30. The Hall–Kier alpha value is -2.67. The molecule has 2 heterocycles. The molecule has 1 saturated heterocycles. The standard InChI is InChI=1S/C19H20N2O4S/c1-11-5-4-6-15(12(11)2)21-10-13(9-16(21)22)17(23)20-18-14(7-8-26-18)19(24)25-3/h4-8,13H,9-10H2,1-3H3,(H,20,23). The van der Waals surface area contributed by atoms with E-state index in [1.165, 1.54) is 18.4 Å². The molecule has 1 aromatic heterocycles. The van der Waals surface area contributed by atoms with E-state index in [-0.39, 0.29) is 18.2 Å². The van der Waals surface area contributed by atoms with E-state index in [9.17, 15) is 14.4 Å². The fourth-order valence-electron chi connectivity index (χ4n) is 3.03. The summed E-state index contributed by atoms with van der Waals surface area (Å²) in [5, 5.41) is 4.92. The molecule has 1 aromatic carbocycles. The van der Waals surface area contributed by atoms with Gasteiger partial charge in [-0.3, -0.25) is 9.59 Å². The van der Waals surface area contributed by atoms with Crippen LogP contribution in [0.4, 0.5) is 10.7 Å². The molecule has 2 aromatic rings. The number of nitrogens with one attached hydrogen (secondary N) is 1. The number of thiophene rings is 1. The first kappa shape index (κ1) is 18.1. The largest absolute Gasteiger partial charge is 0.465 e. The van der Waals surface area contributed by atoms with E-state index < -0.39 is 11.9 Å². The van der Waals surface area contributed by atoms with E-state index >= 15 is 0 Å². The Labute approximate surface area is 155 Å². The van der Waals surface area contributed by atoms with Crippen LogP contribution in [0.25, 0.3) is 0 Å². The highest BCUT2D eigenvalue weighted by Crippen LogP contribution is 2.31. The highest BCUT2D eigenvalue weighted by molar-refractivity contribution is 7.14. The van der Waals surface area contributed by atoms with Gasteiger partial charge in [0.1, 0.15) is 5.00 Å². The quantitative estimate of drug-likeness (QED) is 0.837. The Balaban J connectivity index is 1.75. The number of amides is 2. The monoisotopic (exact) mass is 372 g/mol. The predicted molar refractivity (Wildman–Crippen MR) is 101 cm³/mol. The molecule has 1 fully saturated rings. The Bertz CT molecular complexity index is 874. The molecule has 3 rings (SSSR count). The van der Waals surface area contributed by atoms with Crippen molar-refractivity contribution in [1.82, 2.24) is 0 Å². The minimum absolute atomic E-state index is 0.0711. The van der Waals surface area contributed by atoms with Crippen molar-refractivity contribution in [3.63, 3.8) is 0 Å². The number of benzene rings is 1. The first-order valence-corrected chi connectivity index (χ1v) is 9.13. The third kappa shape index (κ3) is 3.35. The lowest BCUT2D eigenvalue weighted by atomic mass is 10.1. The number of methoxy groups -OCH3 is 1. The molecule has 0 bridgehead atoms. The number of carbonyl (C=O) groups is 3. The maximum atomic E-state index is 12.6. The summed E-state index contributed by atoms with van der Waals surface area (Å²) in [6.07, 6.45) is 0.151. The molecule has 0 radical (unpaired) electrons. The molecule has 2 amide bonds. The maximum Gasteiger partial charge on any atom is 0.340 e. The fourth-order valence-corrected chi connectivity index (χ4v) is 3.81. The predicted octanol–water partition coefficient (Wildman–Crippen LogP) is 3.14. The lowest BCUT2D eigenvalue weighted by molar-refractivity contribution is -0.122. The normalized spacial score (nSPS) is 16.7. The first-order chi connectivity index (χ1) is 12.4. The van der Waals surface area contributed by atoms with Crippen LogP contribution in [0.15, 0.2) is 29.6 Å². The smallest absolute Gasteiger partial charge is 0.340 e. The highest BCUT2D eigenvalue weighted by Gasteiger charge is 2.36. The van der Waals surface area contributed by atoms with Crippen molar-refractivity contribution in [3.8, 4) is 0 Å². The molecule has 0 spiro atoms. The zero-order valence-electron chi connectivity index (χ0n) is 14.9. The molecule has 1 aliphatic rings. The van der Waals surface area contributed by atoms with E-state index in [4.69, 9.17) is 4.74 Å². The number of rotatable bonds is 4. The van der Waals surface area contributed by atoms with Gasteiger partial charge in [-0.15, -0.1) is 11.3 Å². The van der Waals surface area contributed by atoms with E-state index in [1.807, 2.05) is 32.0 Å². The Morgan fingerprint density at radius 2 is 2.04 bits per heavy atom. The van der Waals surface area contributed by atoms with Gasteiger partial charge in [0, 0.05) is 18.7 Å². The fraction of sp³-hybridized carbons (Fsp3) is 0.316. The van der Waals surface area contributed by atoms with Crippen LogP contribution >= 0.6 is 11.3 Å². The van der Waals surface area contributed by atoms with Crippen LogP contribution < -0.4 is 10.2 Å². The Kier molecular flexibility index (Phi) is 5.08. The van der Waals surface area contributed by atoms with Crippen LogP contribution in [-0.4, -0.2) is 31.4 Å². The highest BCUT2D eigenvalue weighted by atomic mass is 32.1. The van der Waals surface area contributed by atoms with Crippen molar-refractivity contribution < 1.29 is 19.1 Å². The van der Waals surface area contributed by atoms with Gasteiger partial charge in [-0.05, 0) is 42.5 Å². The third-order valence-corrected chi connectivity index (χ3v) is 5.50. The lowest BCUT2D eigenvalue weighted by Gasteiger charge is -2.20. The topological polar surface area (TPSA) is 75.7 Å². The van der Waals surface area contributed by atoms with Crippen molar-refractivity contribution in [3.05, 3.63) is 46.3 Å². The number of anilines is 2. The summed E-state index contributed by atoms with van der Waals surface area (Å²) >= 11 is 1.25. The van der Waals surface area contributed by atoms with Gasteiger partial charge < -0.3 is 15.0 Å². The molecule has 1 unspecified atom stereocenters. The molecule has 26 heavy (non-hydrogen) atoms. The SMILES string of the molecule is COC(=O)c1ccsc1NC(=O)C1CC(=O)N(c2cccc(C)c2C)C1. The van der Waals surface area contributed by atoms with E-state index in [1.54, 1.807) is 16.3 Å². The van der Waals surface area contributed by atoms with Gasteiger partial charge in [0.2, 0.25) is 11.8 Å². The van der Waals surface area contributed by atoms with Crippen molar-refractivity contribution in [2.75, 3.05) is 23.9 Å². The summed E-state index contributed by atoms with van der Waals surface area (Å²) in [6, 6.07) is 7.41. The Morgan fingerprint density at radius 1 is 1.27 bits per heavy atom. The zero-order valence-corrected chi connectivity index (χ0v) is 15.7. The number of aryl methyl sites for hydroxylation is 1. The van der Waals surface area contributed by atoms with Crippen LogP contribution in [0.2, 0.25) is 0 Å². The van der Waals surface area contributed by atoms with Crippen LogP contribution in [0.5, 0.6) is 0 Å². The first-order valence-electron chi connectivity index (χ1n) is 8.25. The molecule has 1 atom stereocenters. The summed E-state index contributed by atoms with van der Waals surface area (Å²) < 4.78 is 4.71. The van der Waals surface area contributed by atoms with Crippen molar-refractivity contribution in [2.24, 2.45) is 5.92 Å².